The zero-order chi connectivity index (χ0) is 29.6. The molecular formula is C39H34O3P2. The number of fused-ring (bicyclic) bond motifs is 7. The number of rotatable bonds is 6. The van der Waals surface area contributed by atoms with Crippen LogP contribution in [0.3, 0.4) is 0 Å². The second kappa shape index (κ2) is 11.6. The lowest BCUT2D eigenvalue weighted by molar-refractivity contribution is 0.187. The van der Waals surface area contributed by atoms with Gasteiger partial charge in [-0.2, -0.15) is 0 Å². The third kappa shape index (κ3) is 4.67. The van der Waals surface area contributed by atoms with E-state index in [0.29, 0.717) is 5.92 Å². The van der Waals surface area contributed by atoms with Crippen molar-refractivity contribution in [3.63, 3.8) is 0 Å². The van der Waals surface area contributed by atoms with Crippen LogP contribution < -0.4 is 25.6 Å². The first-order chi connectivity index (χ1) is 21.7. The molecule has 4 unspecified atom stereocenters. The summed E-state index contributed by atoms with van der Waals surface area (Å²) in [6.07, 6.45) is 7.60. The van der Waals surface area contributed by atoms with Crippen molar-refractivity contribution in [2.24, 2.45) is 5.92 Å². The third-order valence-corrected chi connectivity index (χ3v) is 13.2. The molecule has 6 aromatic rings. The van der Waals surface area contributed by atoms with E-state index in [1.54, 1.807) is 0 Å². The van der Waals surface area contributed by atoms with E-state index in [1.807, 2.05) is 0 Å². The Bertz CT molecular complexity index is 2150. The van der Waals surface area contributed by atoms with Crippen LogP contribution in [0, 0.1) is 5.92 Å². The molecule has 0 radical (unpaired) electrons. The molecular weight excluding hydrogens is 578 g/mol. The van der Waals surface area contributed by atoms with E-state index in [9.17, 15) is 0 Å². The first-order valence-corrected chi connectivity index (χ1v) is 18.0. The van der Waals surface area contributed by atoms with E-state index in [1.165, 1.54) is 26.4 Å². The van der Waals surface area contributed by atoms with Gasteiger partial charge in [-0.15, -0.1) is 0 Å². The first-order valence-electron chi connectivity index (χ1n) is 15.5. The van der Waals surface area contributed by atoms with Gasteiger partial charge in [-0.25, -0.2) is 0 Å². The van der Waals surface area contributed by atoms with Crippen molar-refractivity contribution in [2.75, 3.05) is 0 Å². The molecule has 0 bridgehead atoms. The van der Waals surface area contributed by atoms with E-state index >= 15 is 0 Å². The molecule has 1 heterocycles. The topological polar surface area (TPSA) is 35.5 Å². The molecule has 2 aliphatic rings. The number of hydrogen-bond acceptors (Lipinski definition) is 3. The molecule has 4 atom stereocenters. The molecule has 3 nitrogen and oxygen atoms in total. The van der Waals surface area contributed by atoms with Crippen LogP contribution in [0.5, 0.6) is 0 Å². The highest BCUT2D eigenvalue weighted by Crippen LogP contribution is 2.57. The maximum Gasteiger partial charge on any atom is 0.388 e. The van der Waals surface area contributed by atoms with E-state index in [2.05, 4.69) is 135 Å². The van der Waals surface area contributed by atoms with Crippen molar-refractivity contribution in [1.82, 2.24) is 0 Å². The van der Waals surface area contributed by atoms with Gasteiger partial charge < -0.3 is 8.39 Å². The first kappa shape index (κ1) is 27.7. The summed E-state index contributed by atoms with van der Waals surface area (Å²) in [5, 5.41) is 9.71. The van der Waals surface area contributed by atoms with Crippen molar-refractivity contribution >= 4 is 71.6 Å². The molecule has 5 heteroatoms. The summed E-state index contributed by atoms with van der Waals surface area (Å²) in [5.41, 5.74) is 3.04. The Kier molecular flexibility index (Phi) is 7.27. The number of hydrogen-bond donors (Lipinski definition) is 0. The molecule has 0 aliphatic heterocycles. The van der Waals surface area contributed by atoms with Crippen LogP contribution in [0.2, 0.25) is 0 Å². The Labute approximate surface area is 259 Å². The van der Waals surface area contributed by atoms with Gasteiger partial charge in [0.2, 0.25) is 0 Å². The minimum Gasteiger partial charge on any atom is -0.399 e. The summed E-state index contributed by atoms with van der Waals surface area (Å²) in [6, 6.07) is 38.9. The fourth-order valence-corrected chi connectivity index (χ4v) is 11.6. The van der Waals surface area contributed by atoms with Crippen LogP contribution in [0.1, 0.15) is 26.2 Å². The Morgan fingerprint density at radius 1 is 0.750 bits per heavy atom. The van der Waals surface area contributed by atoms with Crippen molar-refractivity contribution in [1.29, 1.82) is 0 Å². The van der Waals surface area contributed by atoms with Gasteiger partial charge in [0.1, 0.15) is 17.3 Å². The minimum atomic E-state index is -1.75. The van der Waals surface area contributed by atoms with Gasteiger partial charge in [0.25, 0.3) is 0 Å². The summed E-state index contributed by atoms with van der Waals surface area (Å²) in [6.45, 7) is 6.83. The second-order valence-corrected chi connectivity index (χ2v) is 15.0. The highest BCUT2D eigenvalue weighted by Gasteiger charge is 2.50. The third-order valence-electron chi connectivity index (χ3n) is 9.18. The van der Waals surface area contributed by atoms with Gasteiger partial charge >= 0.3 is 8.24 Å². The predicted molar refractivity (Wildman–Crippen MR) is 187 cm³/mol. The lowest BCUT2D eigenvalue weighted by atomic mass is 9.75. The van der Waals surface area contributed by atoms with E-state index in [4.69, 9.17) is 12.9 Å². The standard InChI is InChI=1S/C39H34O3P2/c1-3-31-26(2)38(39(31)43(29-16-6-4-7-17-29)30-18-8-5-9-19-30)42-44-40-34-24-22-27-14-10-12-20-32(27)36(34)37-33-21-13-11-15-28(33)23-25-35(37)41-44/h4-10,12,14-25,31,38-39H,2-3,11,13H2,1H3. The van der Waals surface area contributed by atoms with Crippen molar-refractivity contribution in [3.8, 4) is 0 Å². The normalized spacial score (nSPS) is 19.8. The smallest absolute Gasteiger partial charge is 0.388 e. The molecule has 1 aromatic heterocycles. The lowest BCUT2D eigenvalue weighted by Crippen LogP contribution is -2.52. The molecule has 0 saturated heterocycles. The molecule has 2 aliphatic carbocycles. The lowest BCUT2D eigenvalue weighted by Gasteiger charge is -2.49. The quantitative estimate of drug-likeness (QED) is 0.139. The maximum absolute atomic E-state index is 6.98. The van der Waals surface area contributed by atoms with Gasteiger partial charge in [-0.3, -0.25) is 4.52 Å². The SMILES string of the molecule is C=C1C(CC)C(P(c2ccccc2)c2ccccc2)C1Op1oc2ccc3c(c2c2c(ccc4ccccc42)o1)=CCCC=3. The fourth-order valence-electron chi connectivity index (χ4n) is 7.08. The highest BCUT2D eigenvalue weighted by atomic mass is 31.1. The van der Waals surface area contributed by atoms with Gasteiger partial charge in [0.05, 0.1) is 0 Å². The van der Waals surface area contributed by atoms with Crippen LogP contribution in [-0.2, 0) is 0 Å². The van der Waals surface area contributed by atoms with Crippen LogP contribution in [0.4, 0.5) is 0 Å². The Balaban J connectivity index is 1.32. The van der Waals surface area contributed by atoms with Gasteiger partial charge in [-0.05, 0) is 82.6 Å². The Morgan fingerprint density at radius 3 is 2.11 bits per heavy atom. The Hall–Kier alpha value is -3.87. The second-order valence-electron chi connectivity index (χ2n) is 11.6. The van der Waals surface area contributed by atoms with Crippen LogP contribution in [0.25, 0.3) is 44.9 Å². The molecule has 44 heavy (non-hydrogen) atoms. The molecule has 0 N–H and O–H groups in total. The van der Waals surface area contributed by atoms with Crippen LogP contribution in [0.15, 0.2) is 130 Å². The Morgan fingerprint density at radius 2 is 1.39 bits per heavy atom. The fraction of sp³-hybridized carbons (Fsp3) is 0.179. The van der Waals surface area contributed by atoms with Crippen LogP contribution >= 0.6 is 16.2 Å². The number of benzene rings is 5. The van der Waals surface area contributed by atoms with E-state index in [0.717, 1.165) is 52.2 Å². The average molecular weight is 613 g/mol. The van der Waals surface area contributed by atoms with Crippen molar-refractivity contribution < 1.29 is 12.9 Å². The highest BCUT2D eigenvalue weighted by molar-refractivity contribution is 7.73. The zero-order valence-electron chi connectivity index (χ0n) is 24.7. The minimum absolute atomic E-state index is 0.166. The summed E-state index contributed by atoms with van der Waals surface area (Å²) < 4.78 is 20.5. The molecule has 8 rings (SSSR count). The maximum atomic E-state index is 6.98. The predicted octanol–water partition coefficient (Wildman–Crippen LogP) is 8.69. The summed E-state index contributed by atoms with van der Waals surface area (Å²) in [5.74, 6) is 0.370. The largest absolute Gasteiger partial charge is 0.399 e. The molecule has 1 fully saturated rings. The van der Waals surface area contributed by atoms with Crippen molar-refractivity contribution in [2.45, 2.75) is 37.9 Å². The molecule has 0 amide bonds. The van der Waals surface area contributed by atoms with Crippen molar-refractivity contribution in [3.05, 3.63) is 132 Å². The summed E-state index contributed by atoms with van der Waals surface area (Å²) in [7, 11) is -2.45. The van der Waals surface area contributed by atoms with E-state index < -0.39 is 16.2 Å². The molecule has 0 spiro atoms. The molecule has 218 valence electrons. The average Bonchev–Trinajstić information content (AvgIpc) is 3.25. The summed E-state index contributed by atoms with van der Waals surface area (Å²) >= 11 is 0. The van der Waals surface area contributed by atoms with Gasteiger partial charge in [0.15, 0.2) is 0 Å². The molecule has 1 saturated carbocycles. The van der Waals surface area contributed by atoms with Gasteiger partial charge in [0, 0.05) is 16.4 Å². The van der Waals surface area contributed by atoms with E-state index in [-0.39, 0.29) is 11.8 Å². The van der Waals surface area contributed by atoms with Crippen LogP contribution in [-0.4, -0.2) is 11.8 Å². The monoisotopic (exact) mass is 612 g/mol. The molecule has 5 aromatic carbocycles. The summed E-state index contributed by atoms with van der Waals surface area (Å²) in [4.78, 5) is 0. The van der Waals surface area contributed by atoms with Gasteiger partial charge in [-0.1, -0.05) is 123 Å². The zero-order valence-corrected chi connectivity index (χ0v) is 26.5.